The van der Waals surface area contributed by atoms with E-state index in [-0.39, 0.29) is 0 Å². The van der Waals surface area contributed by atoms with E-state index in [1.54, 1.807) is 92.9 Å². The number of hydrogen-bond donors (Lipinski definition) is 1. The fourth-order valence-electron chi connectivity index (χ4n) is 4.10. The maximum absolute atomic E-state index is 12.5. The van der Waals surface area contributed by atoms with Crippen LogP contribution < -0.4 is 18.3 Å². The van der Waals surface area contributed by atoms with Gasteiger partial charge in [0.1, 0.15) is 5.75 Å². The SMILES string of the molecule is COc1ccc(/C=N\N(C)[P+](=S)Oc2ccc(/C=N\N(C)[P+](=S)Oc3ccc(/C=N\N(C)[P+](=S)Oc4ccc(C(O)P(=O)(OC)OC)cc4)cc3)cc2)cc1. The van der Waals surface area contributed by atoms with Crippen LogP contribution in [0, 0.1) is 0 Å². The van der Waals surface area contributed by atoms with Gasteiger partial charge in [-0.3, -0.25) is 18.1 Å². The molecule has 0 aliphatic rings. The molecule has 14 nitrogen and oxygen atoms in total. The quantitative estimate of drug-likeness (QED) is 0.0515. The van der Waals surface area contributed by atoms with E-state index in [1.165, 1.54) is 19.0 Å². The Bertz CT molecular complexity index is 2060. The molecule has 4 rings (SSSR count). The number of aliphatic hydroxyl groups is 1. The van der Waals surface area contributed by atoms with Gasteiger partial charge in [0, 0.05) is 14.2 Å². The number of ether oxygens (including phenoxy) is 1. The van der Waals surface area contributed by atoms with E-state index in [0.29, 0.717) is 22.8 Å². The summed E-state index contributed by atoms with van der Waals surface area (Å²) in [6, 6.07) is 28.5. The second-order valence-corrected chi connectivity index (χ2v) is 19.8. The monoisotopic (exact) mass is 879 g/mol. The fraction of sp³-hybridized carbons (Fsp3) is 0.206. The van der Waals surface area contributed by atoms with Gasteiger partial charge in [-0.15, -0.1) is 15.3 Å². The van der Waals surface area contributed by atoms with Crippen molar-refractivity contribution in [2.45, 2.75) is 5.85 Å². The first kappa shape index (κ1) is 43.9. The minimum Gasteiger partial charge on any atom is -0.497 e. The molecule has 0 saturated carbocycles. The van der Waals surface area contributed by atoms with Crippen LogP contribution in [0.3, 0.4) is 0 Å². The molecular formula is C34H39N6O8P4S3+3. The van der Waals surface area contributed by atoms with Crippen molar-refractivity contribution in [3.8, 4) is 23.0 Å². The molecule has 4 aromatic rings. The van der Waals surface area contributed by atoms with Crippen molar-refractivity contribution in [3.63, 3.8) is 0 Å². The molecule has 21 heteroatoms. The lowest BCUT2D eigenvalue weighted by atomic mass is 10.2. The maximum Gasteiger partial charge on any atom is 0.540 e. The highest BCUT2D eigenvalue weighted by Crippen LogP contribution is 2.58. The lowest BCUT2D eigenvalue weighted by molar-refractivity contribution is 0.176. The summed E-state index contributed by atoms with van der Waals surface area (Å²) in [5.74, 6) is 1.01. The van der Waals surface area contributed by atoms with Gasteiger partial charge in [0.05, 0.1) is 46.9 Å². The molecule has 4 atom stereocenters. The predicted octanol–water partition coefficient (Wildman–Crippen LogP) is 8.53. The van der Waals surface area contributed by atoms with Crippen LogP contribution in [0.4, 0.5) is 0 Å². The minimum absolute atomic E-state index is 0.351. The zero-order valence-electron chi connectivity index (χ0n) is 30.5. The zero-order chi connectivity index (χ0) is 40.0. The molecule has 0 radical (unpaired) electrons. The lowest BCUT2D eigenvalue weighted by Gasteiger charge is -2.19. The van der Waals surface area contributed by atoms with Crippen LogP contribution in [0.25, 0.3) is 0 Å². The first-order valence-corrected chi connectivity index (χ1v) is 24.2. The third kappa shape index (κ3) is 13.4. The Labute approximate surface area is 338 Å². The summed E-state index contributed by atoms with van der Waals surface area (Å²) in [5, 5.41) is 23.6. The Kier molecular flexibility index (Phi) is 17.1. The summed E-state index contributed by atoms with van der Waals surface area (Å²) in [7, 11) is 1.13. The standard InChI is InChI=1S/C34H39N6O8P4S3/c1-38(35-23-26-7-15-30(43-4)16-8-26)49(53)46-31-17-9-27(10-18-31)24-36-39(2)50(54)47-32-19-11-28(12-20-32)25-37-40(3)51(55)48-33-21-13-29(14-22-33)34(41)52(42,44-5)45-6/h7-25,34,41H,1-6H3/q+3/b35-23-,36-24-,37-25-. The Morgan fingerprint density at radius 3 is 1.15 bits per heavy atom. The zero-order valence-corrected chi connectivity index (χ0v) is 36.6. The molecule has 55 heavy (non-hydrogen) atoms. The lowest BCUT2D eigenvalue weighted by Crippen LogP contribution is -2.04. The van der Waals surface area contributed by atoms with Gasteiger partial charge in [-0.1, -0.05) is 26.5 Å². The maximum atomic E-state index is 12.5. The van der Waals surface area contributed by atoms with Gasteiger partial charge in [-0.05, 0) is 107 Å². The molecule has 0 saturated heterocycles. The van der Waals surface area contributed by atoms with E-state index in [9.17, 15) is 9.67 Å². The summed E-state index contributed by atoms with van der Waals surface area (Å²) >= 11 is 16.6. The van der Waals surface area contributed by atoms with Gasteiger partial charge in [-0.2, -0.15) is 0 Å². The molecule has 0 fully saturated rings. The minimum atomic E-state index is -3.69. The summed E-state index contributed by atoms with van der Waals surface area (Å²) < 4.78 is 49.8. The molecule has 4 unspecified atom stereocenters. The van der Waals surface area contributed by atoms with Gasteiger partial charge in [-0.25, -0.2) is 0 Å². The van der Waals surface area contributed by atoms with Crippen LogP contribution in [0.15, 0.2) is 112 Å². The summed E-state index contributed by atoms with van der Waals surface area (Å²) in [6.45, 7) is 0. The van der Waals surface area contributed by atoms with Crippen LogP contribution in [-0.4, -0.2) is 80.6 Å². The normalized spacial score (nSPS) is 13.0. The number of methoxy groups -OCH3 is 1. The van der Waals surface area contributed by atoms with Gasteiger partial charge in [0.15, 0.2) is 23.1 Å². The molecule has 0 bridgehead atoms. The molecular weight excluding hydrogens is 841 g/mol. The third-order valence-electron chi connectivity index (χ3n) is 7.24. The predicted molar refractivity (Wildman–Crippen MR) is 230 cm³/mol. The van der Waals surface area contributed by atoms with Crippen molar-refractivity contribution in [3.05, 3.63) is 119 Å². The van der Waals surface area contributed by atoms with E-state index >= 15 is 0 Å². The van der Waals surface area contributed by atoms with Crippen molar-refractivity contribution >= 4 is 82.9 Å². The topological polar surface area (TPSA) is 139 Å². The highest BCUT2D eigenvalue weighted by molar-refractivity contribution is 8.02. The second-order valence-electron chi connectivity index (χ2n) is 10.9. The molecule has 0 amide bonds. The van der Waals surface area contributed by atoms with E-state index < -0.39 is 34.7 Å². The number of benzene rings is 4. The van der Waals surface area contributed by atoms with Crippen LogP contribution in [-0.2, 0) is 49.0 Å². The molecule has 0 aromatic heterocycles. The van der Waals surface area contributed by atoms with E-state index in [2.05, 4.69) is 15.3 Å². The van der Waals surface area contributed by atoms with Crippen LogP contribution in [0.5, 0.6) is 23.0 Å². The number of hydrogen-bond acceptors (Lipinski definition) is 14. The smallest absolute Gasteiger partial charge is 0.497 e. The molecule has 0 aliphatic carbocycles. The van der Waals surface area contributed by atoms with Crippen molar-refractivity contribution in [2.75, 3.05) is 42.5 Å². The highest BCUT2D eigenvalue weighted by atomic mass is 32.4. The van der Waals surface area contributed by atoms with E-state index in [1.807, 2.05) is 60.7 Å². The largest absolute Gasteiger partial charge is 0.540 e. The van der Waals surface area contributed by atoms with Gasteiger partial charge in [0.25, 0.3) is 0 Å². The number of nitrogens with zero attached hydrogens (tertiary/aromatic N) is 6. The van der Waals surface area contributed by atoms with E-state index in [0.717, 1.165) is 22.4 Å². The van der Waals surface area contributed by atoms with Gasteiger partial charge >= 0.3 is 28.8 Å². The second kappa shape index (κ2) is 21.5. The van der Waals surface area contributed by atoms with Crippen molar-refractivity contribution in [2.24, 2.45) is 15.3 Å². The van der Waals surface area contributed by atoms with Crippen LogP contribution in [0.1, 0.15) is 28.1 Å². The average Bonchev–Trinajstić information content (AvgIpc) is 3.21. The fourth-order valence-corrected chi connectivity index (χ4v) is 8.01. The first-order chi connectivity index (χ1) is 26.3. The Balaban J connectivity index is 1.21. The van der Waals surface area contributed by atoms with Gasteiger partial charge in [0.2, 0.25) is 35.4 Å². The molecule has 4 aromatic carbocycles. The molecule has 1 N–H and O–H groups in total. The van der Waals surface area contributed by atoms with Gasteiger partial charge < -0.3 is 18.9 Å². The van der Waals surface area contributed by atoms with Crippen molar-refractivity contribution in [1.29, 1.82) is 0 Å². The number of hydrazone groups is 3. The Morgan fingerprint density at radius 1 is 0.564 bits per heavy atom. The molecule has 288 valence electrons. The molecule has 0 spiro atoms. The highest BCUT2D eigenvalue weighted by Gasteiger charge is 2.34. The van der Waals surface area contributed by atoms with Crippen molar-refractivity contribution in [1.82, 2.24) is 14.3 Å². The van der Waals surface area contributed by atoms with Crippen LogP contribution in [0.2, 0.25) is 0 Å². The molecule has 0 heterocycles. The number of rotatable bonds is 20. The van der Waals surface area contributed by atoms with Crippen molar-refractivity contribution < 1.29 is 37.0 Å². The third-order valence-corrected chi connectivity index (χ3v) is 14.8. The van der Waals surface area contributed by atoms with E-state index in [4.69, 9.17) is 62.8 Å². The Hall–Kier alpha value is -3.84. The summed E-state index contributed by atoms with van der Waals surface area (Å²) in [6.07, 6.45) is 5.05. The van der Waals surface area contributed by atoms with Crippen LogP contribution >= 0.6 is 28.8 Å². The summed E-state index contributed by atoms with van der Waals surface area (Å²) in [4.78, 5) is 0. The summed E-state index contributed by atoms with van der Waals surface area (Å²) in [5.41, 5.74) is 2.92. The first-order valence-electron chi connectivity index (χ1n) is 16.0. The molecule has 0 aliphatic heterocycles. The Morgan fingerprint density at radius 2 is 0.855 bits per heavy atom. The average molecular weight is 880 g/mol. The number of aliphatic hydroxyl groups excluding tert-OH is 1.